The van der Waals surface area contributed by atoms with Gasteiger partial charge in [0.1, 0.15) is 5.83 Å². The number of allylic oxidation sites excluding steroid dienone is 5. The van der Waals surface area contributed by atoms with Crippen LogP contribution in [0.15, 0.2) is 59.4 Å². The maximum Gasteiger partial charge on any atom is 0.266 e. The topological polar surface area (TPSA) is 61.9 Å². The van der Waals surface area contributed by atoms with E-state index in [-0.39, 0.29) is 11.5 Å². The largest absolute Gasteiger partial charge is 0.371 e. The third-order valence-corrected chi connectivity index (χ3v) is 4.40. The predicted octanol–water partition coefficient (Wildman–Crippen LogP) is 2.54. The van der Waals surface area contributed by atoms with Gasteiger partial charge >= 0.3 is 0 Å². The fourth-order valence-electron chi connectivity index (χ4n) is 3.15. The van der Waals surface area contributed by atoms with E-state index >= 15 is 0 Å². The highest BCUT2D eigenvalue weighted by Gasteiger charge is 2.35. The van der Waals surface area contributed by atoms with Gasteiger partial charge in [0.25, 0.3) is 5.91 Å². The van der Waals surface area contributed by atoms with Gasteiger partial charge in [-0.15, -0.1) is 0 Å². The first kappa shape index (κ1) is 17.1. The molecule has 3 rings (SSSR count). The van der Waals surface area contributed by atoms with Crippen LogP contribution in [0.5, 0.6) is 0 Å². The molecule has 130 valence electrons. The number of halogens is 1. The molecule has 6 heteroatoms. The molecule has 0 radical (unpaired) electrons. The van der Waals surface area contributed by atoms with Crippen molar-refractivity contribution in [2.24, 2.45) is 10.7 Å². The fraction of sp³-hybridized carbons (Fsp3) is 0.263. The summed E-state index contributed by atoms with van der Waals surface area (Å²) in [5.41, 5.74) is 8.87. The Morgan fingerprint density at radius 1 is 1.44 bits per heavy atom. The maximum absolute atomic E-state index is 14.2. The van der Waals surface area contributed by atoms with Gasteiger partial charge in [-0.1, -0.05) is 36.9 Å². The summed E-state index contributed by atoms with van der Waals surface area (Å²) in [6, 6.07) is 5.65. The first-order chi connectivity index (χ1) is 12.0. The number of nitrogens with zero attached hydrogens (tertiary/aromatic N) is 3. The van der Waals surface area contributed by atoms with E-state index in [2.05, 4.69) is 16.5 Å². The highest BCUT2D eigenvalue weighted by atomic mass is 19.1. The van der Waals surface area contributed by atoms with Crippen LogP contribution >= 0.6 is 0 Å². The second-order valence-corrected chi connectivity index (χ2v) is 6.02. The Morgan fingerprint density at radius 3 is 2.88 bits per heavy atom. The fourth-order valence-corrected chi connectivity index (χ4v) is 3.15. The third kappa shape index (κ3) is 2.89. The summed E-state index contributed by atoms with van der Waals surface area (Å²) in [5, 5.41) is 0. The van der Waals surface area contributed by atoms with Crippen LogP contribution in [-0.4, -0.2) is 37.9 Å². The number of carbonyl (C=O) groups is 1. The molecule has 0 aromatic heterocycles. The lowest BCUT2D eigenvalue weighted by atomic mass is 9.97. The third-order valence-electron chi connectivity index (χ3n) is 4.40. The Labute approximate surface area is 146 Å². The average molecular weight is 340 g/mol. The molecule has 1 aromatic carbocycles. The number of likely N-dealkylation sites (N-methyl/N-ethyl adjacent to an activating group) is 1. The second kappa shape index (κ2) is 6.64. The van der Waals surface area contributed by atoms with Gasteiger partial charge in [0, 0.05) is 31.3 Å². The zero-order chi connectivity index (χ0) is 18.1. The summed E-state index contributed by atoms with van der Waals surface area (Å²) in [5.74, 6) is -0.904. The number of hydrogen-bond acceptors (Lipinski definition) is 4. The van der Waals surface area contributed by atoms with Crippen LogP contribution in [0.1, 0.15) is 12.5 Å². The van der Waals surface area contributed by atoms with E-state index in [0.29, 0.717) is 24.4 Å². The van der Waals surface area contributed by atoms with Gasteiger partial charge in [-0.05, 0) is 13.0 Å². The molecule has 1 amide bonds. The molecule has 0 fully saturated rings. The van der Waals surface area contributed by atoms with Gasteiger partial charge < -0.3 is 15.5 Å². The van der Waals surface area contributed by atoms with Crippen molar-refractivity contribution in [3.63, 3.8) is 0 Å². The zero-order valence-corrected chi connectivity index (χ0v) is 14.4. The molecule has 2 N–H and O–H groups in total. The summed E-state index contributed by atoms with van der Waals surface area (Å²) >= 11 is 0. The maximum atomic E-state index is 14.2. The van der Waals surface area contributed by atoms with Crippen LogP contribution in [-0.2, 0) is 4.79 Å². The first-order valence-electron chi connectivity index (χ1n) is 8.13. The van der Waals surface area contributed by atoms with Gasteiger partial charge in [-0.25, -0.2) is 4.39 Å². The van der Waals surface area contributed by atoms with E-state index in [9.17, 15) is 9.18 Å². The summed E-state index contributed by atoms with van der Waals surface area (Å²) in [7, 11) is 1.96. The normalized spacial score (nSPS) is 20.5. The van der Waals surface area contributed by atoms with Crippen molar-refractivity contribution in [1.29, 1.82) is 0 Å². The van der Waals surface area contributed by atoms with Crippen LogP contribution in [0, 0.1) is 0 Å². The van der Waals surface area contributed by atoms with Gasteiger partial charge in [-0.3, -0.25) is 9.79 Å². The lowest BCUT2D eigenvalue weighted by Gasteiger charge is -2.36. The Bertz CT molecular complexity index is 825. The average Bonchev–Trinajstić information content (AvgIpc) is 2.69. The summed E-state index contributed by atoms with van der Waals surface area (Å²) in [6.07, 6.45) is 4.01. The Hall–Kier alpha value is -2.73. The standard InChI is InChI=1S/C19H21FN4O/c1-4-5-7-13(12(2)20)16-14-8-6-9-15-17(14)24(11-10-23(15)3)19(25)18(21)22-16/h4-9,18H,2,10-11,21H2,1,3H3/b5-4-,13-7+. The van der Waals surface area contributed by atoms with E-state index in [1.54, 1.807) is 23.1 Å². The van der Waals surface area contributed by atoms with E-state index < -0.39 is 12.0 Å². The summed E-state index contributed by atoms with van der Waals surface area (Å²) in [6.45, 7) is 6.47. The smallest absolute Gasteiger partial charge is 0.266 e. The second-order valence-electron chi connectivity index (χ2n) is 6.02. The Kier molecular flexibility index (Phi) is 4.55. The number of hydrogen-bond donors (Lipinski definition) is 1. The van der Waals surface area contributed by atoms with Crippen molar-refractivity contribution in [2.75, 3.05) is 29.9 Å². The van der Waals surface area contributed by atoms with E-state index in [1.807, 2.05) is 32.2 Å². The molecular weight excluding hydrogens is 319 g/mol. The van der Waals surface area contributed by atoms with Crippen molar-refractivity contribution in [2.45, 2.75) is 13.1 Å². The Morgan fingerprint density at radius 2 is 2.20 bits per heavy atom. The molecule has 0 saturated heterocycles. The van der Waals surface area contributed by atoms with Crippen LogP contribution in [0.25, 0.3) is 0 Å². The number of carbonyl (C=O) groups excluding carboxylic acids is 1. The molecule has 5 nitrogen and oxygen atoms in total. The lowest BCUT2D eigenvalue weighted by molar-refractivity contribution is -0.119. The highest BCUT2D eigenvalue weighted by Crippen LogP contribution is 2.39. The highest BCUT2D eigenvalue weighted by molar-refractivity contribution is 6.23. The van der Waals surface area contributed by atoms with Crippen molar-refractivity contribution in [3.05, 3.63) is 60.0 Å². The minimum absolute atomic E-state index is 0.227. The van der Waals surface area contributed by atoms with Crippen molar-refractivity contribution < 1.29 is 9.18 Å². The molecule has 1 atom stereocenters. The SMILES string of the molecule is C=C(F)/C(=C\C=C/C)C1=NC(N)C(=O)N2CCN(C)c3cccc1c32. The van der Waals surface area contributed by atoms with Gasteiger partial charge in [0.15, 0.2) is 6.17 Å². The molecule has 0 spiro atoms. The number of para-hydroxylation sites is 1. The molecule has 0 aliphatic carbocycles. The molecule has 2 aliphatic rings. The zero-order valence-electron chi connectivity index (χ0n) is 14.4. The lowest BCUT2D eigenvalue weighted by Crippen LogP contribution is -2.48. The number of amides is 1. The summed E-state index contributed by atoms with van der Waals surface area (Å²) in [4.78, 5) is 20.8. The summed E-state index contributed by atoms with van der Waals surface area (Å²) < 4.78 is 14.2. The molecule has 2 heterocycles. The minimum atomic E-state index is -1.08. The van der Waals surface area contributed by atoms with E-state index in [1.165, 1.54) is 0 Å². The molecule has 2 aliphatic heterocycles. The Balaban J connectivity index is 2.29. The number of rotatable bonds is 3. The predicted molar refractivity (Wildman–Crippen MR) is 99.7 cm³/mol. The van der Waals surface area contributed by atoms with E-state index in [0.717, 1.165) is 11.4 Å². The van der Waals surface area contributed by atoms with Crippen LogP contribution in [0.3, 0.4) is 0 Å². The minimum Gasteiger partial charge on any atom is -0.371 e. The monoisotopic (exact) mass is 340 g/mol. The first-order valence-corrected chi connectivity index (χ1v) is 8.13. The van der Waals surface area contributed by atoms with Gasteiger partial charge in [-0.2, -0.15) is 0 Å². The molecule has 0 bridgehead atoms. The molecule has 25 heavy (non-hydrogen) atoms. The number of benzene rings is 1. The van der Waals surface area contributed by atoms with E-state index in [4.69, 9.17) is 5.73 Å². The van der Waals surface area contributed by atoms with Crippen LogP contribution in [0.2, 0.25) is 0 Å². The van der Waals surface area contributed by atoms with Gasteiger partial charge in [0.2, 0.25) is 0 Å². The number of anilines is 2. The van der Waals surface area contributed by atoms with Crippen molar-refractivity contribution in [3.8, 4) is 0 Å². The molecule has 1 unspecified atom stereocenters. The van der Waals surface area contributed by atoms with Crippen LogP contribution in [0.4, 0.5) is 15.8 Å². The van der Waals surface area contributed by atoms with Crippen molar-refractivity contribution in [1.82, 2.24) is 0 Å². The quantitative estimate of drug-likeness (QED) is 0.860. The molecule has 1 aromatic rings. The molecule has 0 saturated carbocycles. The molecular formula is C19H21FN4O. The van der Waals surface area contributed by atoms with Crippen molar-refractivity contribution >= 4 is 23.0 Å². The number of aliphatic imine (C=N–C) groups is 1. The van der Waals surface area contributed by atoms with Gasteiger partial charge in [0.05, 0.1) is 17.1 Å². The number of nitrogens with two attached hydrogens (primary N) is 1. The van der Waals surface area contributed by atoms with Crippen LogP contribution < -0.4 is 15.5 Å².